The summed E-state index contributed by atoms with van der Waals surface area (Å²) in [6.45, 7) is 15.3. The van der Waals surface area contributed by atoms with Gasteiger partial charge in [-0.25, -0.2) is 0 Å². The van der Waals surface area contributed by atoms with Gasteiger partial charge in [0.05, 0.1) is 5.56 Å². The number of benzene rings is 6. The summed E-state index contributed by atoms with van der Waals surface area (Å²) in [6.07, 6.45) is -0.0843. The summed E-state index contributed by atoms with van der Waals surface area (Å²) in [6, 6.07) is 36.6. The maximum absolute atomic E-state index is 14.0. The number of hydrogen-bond acceptors (Lipinski definition) is 1. The highest BCUT2D eigenvalue weighted by molar-refractivity contribution is 6.08. The fourth-order valence-electron chi connectivity index (χ4n) is 9.24. The molecule has 1 unspecified atom stereocenters. The van der Waals surface area contributed by atoms with Crippen molar-refractivity contribution in [1.29, 1.82) is 0 Å². The first-order valence-corrected chi connectivity index (χ1v) is 18.1. The van der Waals surface area contributed by atoms with Gasteiger partial charge in [0.1, 0.15) is 5.75 Å². The molecule has 4 heteroatoms. The Hall–Kier alpha value is -5.09. The molecule has 6 aromatic carbocycles. The molecule has 0 bridgehead atoms. The molecule has 52 heavy (non-hydrogen) atoms. The van der Waals surface area contributed by atoms with Crippen LogP contribution in [0.3, 0.4) is 0 Å². The predicted octanol–water partition coefficient (Wildman–Crippen LogP) is 13.1. The largest absolute Gasteiger partial charge is 0.472 e. The number of alkyl halides is 3. The van der Waals surface area contributed by atoms with Crippen molar-refractivity contribution in [3.05, 3.63) is 165 Å². The molecular formula is C48H41F3O. The van der Waals surface area contributed by atoms with E-state index in [0.29, 0.717) is 5.56 Å². The van der Waals surface area contributed by atoms with E-state index in [4.69, 9.17) is 4.74 Å². The predicted molar refractivity (Wildman–Crippen MR) is 206 cm³/mol. The Labute approximate surface area is 303 Å². The average molecular weight is 691 g/mol. The highest BCUT2D eigenvalue weighted by Gasteiger charge is 2.46. The number of rotatable bonds is 2. The molecule has 0 spiro atoms. The molecule has 1 heterocycles. The van der Waals surface area contributed by atoms with Gasteiger partial charge in [0.25, 0.3) is 0 Å². The van der Waals surface area contributed by atoms with E-state index >= 15 is 0 Å². The summed E-state index contributed by atoms with van der Waals surface area (Å²) < 4.78 is 49.7. The molecular weight excluding hydrogens is 650 g/mol. The van der Waals surface area contributed by atoms with Crippen molar-refractivity contribution in [2.45, 2.75) is 76.5 Å². The molecule has 0 radical (unpaired) electrons. The van der Waals surface area contributed by atoms with Gasteiger partial charge in [0, 0.05) is 32.9 Å². The molecule has 0 fully saturated rings. The summed E-state index contributed by atoms with van der Waals surface area (Å²) in [5.74, 6) is 0.747. The number of hydrogen-bond donors (Lipinski definition) is 0. The van der Waals surface area contributed by atoms with Crippen molar-refractivity contribution in [3.63, 3.8) is 0 Å². The molecule has 0 saturated heterocycles. The second-order valence-electron chi connectivity index (χ2n) is 16.9. The van der Waals surface area contributed by atoms with E-state index in [9.17, 15) is 13.2 Å². The third kappa shape index (κ3) is 4.42. The lowest BCUT2D eigenvalue weighted by atomic mass is 9.75. The van der Waals surface area contributed by atoms with Crippen LogP contribution in [0, 0.1) is 0 Å². The van der Waals surface area contributed by atoms with Gasteiger partial charge in [-0.2, -0.15) is 13.2 Å². The molecule has 9 rings (SSSR count). The Morgan fingerprint density at radius 1 is 0.558 bits per heavy atom. The van der Waals surface area contributed by atoms with E-state index in [1.807, 2.05) is 26.0 Å². The zero-order valence-corrected chi connectivity index (χ0v) is 30.6. The van der Waals surface area contributed by atoms with Gasteiger partial charge in [-0.05, 0) is 85.1 Å². The van der Waals surface area contributed by atoms with E-state index in [2.05, 4.69) is 126 Å². The monoisotopic (exact) mass is 690 g/mol. The molecule has 3 aliphatic rings. The second-order valence-corrected chi connectivity index (χ2v) is 16.9. The molecule has 1 atom stereocenters. The van der Waals surface area contributed by atoms with E-state index in [1.165, 1.54) is 39.9 Å². The molecule has 6 aromatic rings. The maximum atomic E-state index is 14.0. The zero-order chi connectivity index (χ0) is 36.6. The summed E-state index contributed by atoms with van der Waals surface area (Å²) >= 11 is 0. The standard InChI is InChI=1S/C48H41F3O/c1-44(2,3)28-16-18-29(19-17-28)47(30-20-22-33-32-12-10-11-15-38(32)45(4,5)39(33)26-30)25-24-37-42-41(34-13-8-9-14-35(34)43(37)52-47)36-23-21-31(48(49,50)51)27-40(36)46(42,6)7/h8-27H,1-7H3. The van der Waals surface area contributed by atoms with Crippen molar-refractivity contribution < 1.29 is 17.9 Å². The third-order valence-corrected chi connectivity index (χ3v) is 12.1. The minimum absolute atomic E-state index is 0.0196. The summed E-state index contributed by atoms with van der Waals surface area (Å²) in [5, 5.41) is 1.91. The van der Waals surface area contributed by atoms with Crippen molar-refractivity contribution in [3.8, 4) is 28.0 Å². The van der Waals surface area contributed by atoms with E-state index in [0.717, 1.165) is 49.9 Å². The van der Waals surface area contributed by atoms with Crippen molar-refractivity contribution in [2.24, 2.45) is 0 Å². The van der Waals surface area contributed by atoms with Crippen LogP contribution >= 0.6 is 0 Å². The van der Waals surface area contributed by atoms with Crippen molar-refractivity contribution in [2.75, 3.05) is 0 Å². The fraction of sp³-hybridized carbons (Fsp3) is 0.250. The van der Waals surface area contributed by atoms with E-state index in [1.54, 1.807) is 6.07 Å². The lowest BCUT2D eigenvalue weighted by molar-refractivity contribution is -0.137. The van der Waals surface area contributed by atoms with Crippen LogP contribution in [0.15, 0.2) is 115 Å². The molecule has 0 saturated carbocycles. The van der Waals surface area contributed by atoms with Gasteiger partial charge in [-0.15, -0.1) is 0 Å². The van der Waals surface area contributed by atoms with Crippen molar-refractivity contribution >= 4 is 16.8 Å². The summed E-state index contributed by atoms with van der Waals surface area (Å²) in [5.41, 5.74) is 10.2. The van der Waals surface area contributed by atoms with Crippen molar-refractivity contribution in [1.82, 2.24) is 0 Å². The molecule has 0 N–H and O–H groups in total. The van der Waals surface area contributed by atoms with Crippen LogP contribution in [0.2, 0.25) is 0 Å². The normalized spacial score (nSPS) is 19.0. The first-order chi connectivity index (χ1) is 24.5. The number of fused-ring (bicyclic) bond motifs is 11. The minimum atomic E-state index is -4.43. The number of ether oxygens (including phenoxy) is 1. The van der Waals surface area contributed by atoms with Gasteiger partial charge in [-0.1, -0.05) is 146 Å². The van der Waals surface area contributed by atoms with Gasteiger partial charge >= 0.3 is 6.18 Å². The Kier molecular flexibility index (Phi) is 6.62. The van der Waals surface area contributed by atoms with Crippen LogP contribution in [0.1, 0.15) is 98.5 Å². The van der Waals surface area contributed by atoms with Crippen LogP contribution < -0.4 is 4.74 Å². The Balaban J connectivity index is 1.30. The minimum Gasteiger partial charge on any atom is -0.472 e. The van der Waals surface area contributed by atoms with Gasteiger partial charge in [0.15, 0.2) is 5.60 Å². The molecule has 0 amide bonds. The SMILES string of the molecule is CC(C)(C)c1ccc(C2(c3ccc4c(c3)C(C)(C)c3ccccc3-4)C=Cc3c4c(c5ccccc5c3O2)-c2ccc(C(F)(F)F)cc2C4(C)C)cc1. The number of halogens is 3. The van der Waals surface area contributed by atoms with Gasteiger partial charge in [0.2, 0.25) is 0 Å². The van der Waals surface area contributed by atoms with Crippen LogP contribution in [-0.2, 0) is 28.0 Å². The lowest BCUT2D eigenvalue weighted by Crippen LogP contribution is -2.35. The van der Waals surface area contributed by atoms with Crippen LogP contribution in [-0.4, -0.2) is 0 Å². The quantitative estimate of drug-likeness (QED) is 0.176. The Bertz CT molecular complexity index is 2510. The Morgan fingerprint density at radius 2 is 1.15 bits per heavy atom. The lowest BCUT2D eigenvalue weighted by Gasteiger charge is -2.39. The Morgan fingerprint density at radius 3 is 1.87 bits per heavy atom. The summed E-state index contributed by atoms with van der Waals surface area (Å²) in [4.78, 5) is 0. The van der Waals surface area contributed by atoms with Gasteiger partial charge in [-0.3, -0.25) is 0 Å². The molecule has 2 aliphatic carbocycles. The van der Waals surface area contributed by atoms with E-state index < -0.39 is 22.8 Å². The van der Waals surface area contributed by atoms with Crippen LogP contribution in [0.25, 0.3) is 39.1 Å². The zero-order valence-electron chi connectivity index (χ0n) is 30.6. The average Bonchev–Trinajstić information content (AvgIpc) is 3.50. The van der Waals surface area contributed by atoms with E-state index in [-0.39, 0.29) is 10.8 Å². The molecule has 0 aromatic heterocycles. The first-order valence-electron chi connectivity index (χ1n) is 18.1. The highest BCUT2D eigenvalue weighted by Crippen LogP contribution is 2.59. The molecule has 260 valence electrons. The van der Waals surface area contributed by atoms with Crippen LogP contribution in [0.4, 0.5) is 13.2 Å². The molecule has 1 nitrogen and oxygen atoms in total. The second kappa shape index (κ2) is 10.5. The van der Waals surface area contributed by atoms with Gasteiger partial charge < -0.3 is 4.74 Å². The molecule has 1 aliphatic heterocycles. The highest BCUT2D eigenvalue weighted by atomic mass is 19.4. The first kappa shape index (κ1) is 32.8. The smallest absolute Gasteiger partial charge is 0.416 e. The third-order valence-electron chi connectivity index (χ3n) is 12.1. The fourth-order valence-corrected chi connectivity index (χ4v) is 9.24. The topological polar surface area (TPSA) is 9.23 Å². The van der Waals surface area contributed by atoms with Crippen LogP contribution in [0.5, 0.6) is 5.75 Å². The summed E-state index contributed by atoms with van der Waals surface area (Å²) in [7, 11) is 0. The maximum Gasteiger partial charge on any atom is 0.416 e.